The molecule has 0 saturated heterocycles. The lowest BCUT2D eigenvalue weighted by Gasteiger charge is -2.02. The first-order valence-corrected chi connectivity index (χ1v) is 2.43. The van der Waals surface area contributed by atoms with Crippen molar-refractivity contribution in [1.29, 1.82) is 0 Å². The van der Waals surface area contributed by atoms with E-state index in [1.807, 2.05) is 6.92 Å². The third kappa shape index (κ3) is 5.88. The molecule has 1 atom stereocenters. The first-order valence-electron chi connectivity index (χ1n) is 2.43. The highest BCUT2D eigenvalue weighted by Gasteiger charge is 1.87. The van der Waals surface area contributed by atoms with E-state index >= 15 is 0 Å². The van der Waals surface area contributed by atoms with Crippen LogP contribution in [0.25, 0.3) is 0 Å². The maximum atomic E-state index is 5.36. The second-order valence-electron chi connectivity index (χ2n) is 1.64. The lowest BCUT2D eigenvalue weighted by Crippen LogP contribution is -2.34. The molecule has 0 aliphatic carbocycles. The summed E-state index contributed by atoms with van der Waals surface area (Å²) in [6.45, 7) is 3.25. The summed E-state index contributed by atoms with van der Waals surface area (Å²) < 4.78 is 0. The zero-order valence-electron chi connectivity index (χ0n) is 4.65. The monoisotopic (exact) mass is 103 g/mol. The molecule has 3 heteroatoms. The molecule has 0 spiro atoms. The van der Waals surface area contributed by atoms with Gasteiger partial charge in [0.25, 0.3) is 0 Å². The third-order valence-corrected chi connectivity index (χ3v) is 0.611. The van der Waals surface area contributed by atoms with E-state index in [2.05, 4.69) is 5.32 Å². The van der Waals surface area contributed by atoms with Crippen LogP contribution in [0.3, 0.4) is 0 Å². The van der Waals surface area contributed by atoms with Crippen molar-refractivity contribution in [2.75, 3.05) is 13.2 Å². The third-order valence-electron chi connectivity index (χ3n) is 0.611. The van der Waals surface area contributed by atoms with Crippen molar-refractivity contribution in [2.24, 2.45) is 11.5 Å². The van der Waals surface area contributed by atoms with Gasteiger partial charge in [0.1, 0.15) is 0 Å². The summed E-state index contributed by atoms with van der Waals surface area (Å²) >= 11 is 0. The first kappa shape index (κ1) is 6.88. The van der Waals surface area contributed by atoms with Crippen molar-refractivity contribution in [1.82, 2.24) is 5.32 Å². The van der Waals surface area contributed by atoms with Crippen molar-refractivity contribution in [3.8, 4) is 0 Å². The van der Waals surface area contributed by atoms with Crippen LogP contribution < -0.4 is 16.8 Å². The van der Waals surface area contributed by atoms with Gasteiger partial charge in [-0.2, -0.15) is 0 Å². The Morgan fingerprint density at radius 2 is 2.29 bits per heavy atom. The molecule has 0 aromatic carbocycles. The molecule has 0 heterocycles. The van der Waals surface area contributed by atoms with Gasteiger partial charge < -0.3 is 16.8 Å². The summed E-state index contributed by atoms with van der Waals surface area (Å²) in [6, 6.07) is 0.212. The van der Waals surface area contributed by atoms with E-state index in [-0.39, 0.29) is 6.04 Å². The topological polar surface area (TPSA) is 64.1 Å². The maximum absolute atomic E-state index is 5.36. The molecule has 0 amide bonds. The Balaban J connectivity index is 2.68. The first-order chi connectivity index (χ1) is 3.27. The largest absolute Gasteiger partial charge is 0.327 e. The molecule has 0 radical (unpaired) electrons. The van der Waals surface area contributed by atoms with Gasteiger partial charge in [-0.1, -0.05) is 0 Å². The van der Waals surface area contributed by atoms with Crippen molar-refractivity contribution in [2.45, 2.75) is 13.0 Å². The number of nitrogens with two attached hydrogens (primary N) is 2. The summed E-state index contributed by atoms with van der Waals surface area (Å²) in [4.78, 5) is 0. The van der Waals surface area contributed by atoms with Crippen LogP contribution in [-0.2, 0) is 0 Å². The van der Waals surface area contributed by atoms with Crippen LogP contribution in [0, 0.1) is 0 Å². The van der Waals surface area contributed by atoms with Crippen molar-refractivity contribution < 1.29 is 0 Å². The Hall–Kier alpha value is -0.120. The van der Waals surface area contributed by atoms with E-state index in [1.54, 1.807) is 0 Å². The molecular weight excluding hydrogens is 90.1 g/mol. The number of rotatable bonds is 3. The van der Waals surface area contributed by atoms with E-state index in [0.29, 0.717) is 6.67 Å². The molecule has 0 aliphatic rings. The van der Waals surface area contributed by atoms with Crippen molar-refractivity contribution in [3.05, 3.63) is 0 Å². The predicted octanol–water partition coefficient (Wildman–Crippen LogP) is -1.16. The molecule has 0 rings (SSSR count). The van der Waals surface area contributed by atoms with Gasteiger partial charge in [-0.15, -0.1) is 0 Å². The van der Waals surface area contributed by atoms with E-state index in [1.165, 1.54) is 0 Å². The number of hydrogen-bond acceptors (Lipinski definition) is 3. The van der Waals surface area contributed by atoms with Crippen LogP contribution in [0.4, 0.5) is 0 Å². The second-order valence-corrected chi connectivity index (χ2v) is 1.64. The smallest absolute Gasteiger partial charge is 0.0429 e. The van der Waals surface area contributed by atoms with Gasteiger partial charge >= 0.3 is 0 Å². The molecule has 44 valence electrons. The Bertz CT molecular complexity index is 35.9. The Morgan fingerprint density at radius 1 is 1.71 bits per heavy atom. The zero-order chi connectivity index (χ0) is 5.70. The van der Waals surface area contributed by atoms with Gasteiger partial charge in [-0.25, -0.2) is 0 Å². The average Bonchev–Trinajstić information content (AvgIpc) is 1.61. The summed E-state index contributed by atoms with van der Waals surface area (Å²) in [5.41, 5.74) is 10.5. The molecule has 3 nitrogen and oxygen atoms in total. The fraction of sp³-hybridized carbons (Fsp3) is 1.00. The van der Waals surface area contributed by atoms with E-state index in [0.717, 1.165) is 6.54 Å². The molecule has 0 aliphatic heterocycles. The SMILES string of the molecule is CC(N)CNCN. The average molecular weight is 103 g/mol. The molecule has 0 aromatic heterocycles. The van der Waals surface area contributed by atoms with Crippen LogP contribution in [0.1, 0.15) is 6.92 Å². The van der Waals surface area contributed by atoms with Gasteiger partial charge in [0.2, 0.25) is 0 Å². The van der Waals surface area contributed by atoms with Crippen LogP contribution in [0.15, 0.2) is 0 Å². The van der Waals surface area contributed by atoms with Gasteiger partial charge in [0.05, 0.1) is 0 Å². The zero-order valence-corrected chi connectivity index (χ0v) is 4.65. The second kappa shape index (κ2) is 4.05. The minimum absolute atomic E-state index is 0.212. The minimum atomic E-state index is 0.212. The van der Waals surface area contributed by atoms with E-state index in [4.69, 9.17) is 11.5 Å². The normalized spacial score (nSPS) is 14.1. The fourth-order valence-corrected chi connectivity index (χ4v) is 0.311. The molecule has 0 aromatic rings. The molecule has 0 fully saturated rings. The molecule has 0 saturated carbocycles. The Kier molecular flexibility index (Phi) is 3.98. The van der Waals surface area contributed by atoms with E-state index in [9.17, 15) is 0 Å². The molecule has 0 bridgehead atoms. The standard InChI is InChI=1S/C4H13N3/c1-4(6)2-7-3-5/h4,7H,2-3,5-6H2,1H3. The van der Waals surface area contributed by atoms with Gasteiger partial charge in [-0.3, -0.25) is 0 Å². The van der Waals surface area contributed by atoms with Crippen LogP contribution in [0.2, 0.25) is 0 Å². The fourth-order valence-electron chi connectivity index (χ4n) is 0.311. The summed E-state index contributed by atoms with van der Waals surface area (Å²) in [5.74, 6) is 0. The van der Waals surface area contributed by atoms with Crippen LogP contribution in [0.5, 0.6) is 0 Å². The highest BCUT2D eigenvalue weighted by atomic mass is 15.0. The van der Waals surface area contributed by atoms with Crippen molar-refractivity contribution in [3.63, 3.8) is 0 Å². The quantitative estimate of drug-likeness (QED) is 0.395. The summed E-state index contributed by atoms with van der Waals surface area (Å²) in [7, 11) is 0. The van der Waals surface area contributed by atoms with Gasteiger partial charge in [0.15, 0.2) is 0 Å². The predicted molar refractivity (Wildman–Crippen MR) is 30.7 cm³/mol. The number of nitrogens with one attached hydrogen (secondary N) is 1. The number of hydrogen-bond donors (Lipinski definition) is 3. The highest BCUT2D eigenvalue weighted by molar-refractivity contribution is 4.53. The Labute approximate surface area is 44.1 Å². The van der Waals surface area contributed by atoms with Crippen molar-refractivity contribution >= 4 is 0 Å². The highest BCUT2D eigenvalue weighted by Crippen LogP contribution is 1.64. The minimum Gasteiger partial charge on any atom is -0.327 e. The van der Waals surface area contributed by atoms with Crippen LogP contribution in [-0.4, -0.2) is 19.3 Å². The summed E-state index contributed by atoms with van der Waals surface area (Å²) in [6.07, 6.45) is 0. The molecule has 5 N–H and O–H groups in total. The maximum Gasteiger partial charge on any atom is 0.0429 e. The molecule has 1 unspecified atom stereocenters. The van der Waals surface area contributed by atoms with E-state index < -0.39 is 0 Å². The summed E-state index contributed by atoms with van der Waals surface area (Å²) in [5, 5.41) is 2.90. The molecular formula is C4H13N3. The lowest BCUT2D eigenvalue weighted by molar-refractivity contribution is 0.618. The Morgan fingerprint density at radius 3 is 2.43 bits per heavy atom. The van der Waals surface area contributed by atoms with Gasteiger partial charge in [0, 0.05) is 19.3 Å². The van der Waals surface area contributed by atoms with Gasteiger partial charge in [-0.05, 0) is 6.92 Å². The lowest BCUT2D eigenvalue weighted by atomic mass is 10.4. The molecule has 7 heavy (non-hydrogen) atoms. The van der Waals surface area contributed by atoms with Crippen LogP contribution >= 0.6 is 0 Å².